The maximum atomic E-state index is 12.1. The largest absolute Gasteiger partial charge is 0.292 e. The van der Waals surface area contributed by atoms with Crippen molar-refractivity contribution in [3.8, 4) is 0 Å². The molecule has 2 heteroatoms. The van der Waals surface area contributed by atoms with Crippen LogP contribution in [0.1, 0.15) is 19.3 Å². The average Bonchev–Trinajstić information content (AvgIpc) is 1.77. The van der Waals surface area contributed by atoms with Crippen LogP contribution >= 0.6 is 0 Å². The summed E-state index contributed by atoms with van der Waals surface area (Å²) >= 11 is 0. The van der Waals surface area contributed by atoms with Gasteiger partial charge in [-0.15, -0.1) is 0 Å². The molecule has 0 saturated carbocycles. The molecule has 1 nitrogen and oxygen atoms in total. The fraction of sp³-hybridized carbons (Fsp3) is 0.500. The van der Waals surface area contributed by atoms with E-state index in [1.54, 1.807) is 0 Å². The number of allylic oxidation sites excluding steroid dienone is 2. The first-order valence-corrected chi connectivity index (χ1v) is 2.69. The predicted molar refractivity (Wildman–Crippen MR) is 28.0 cm³/mol. The highest BCUT2D eigenvalue weighted by Crippen LogP contribution is 2.13. The van der Waals surface area contributed by atoms with Crippen molar-refractivity contribution in [1.29, 1.82) is 0 Å². The summed E-state index contributed by atoms with van der Waals surface area (Å²) in [6.45, 7) is 0. The highest BCUT2D eigenvalue weighted by atomic mass is 19.1. The Morgan fingerprint density at radius 3 is 2.75 bits per heavy atom. The van der Waals surface area contributed by atoms with Crippen LogP contribution in [-0.2, 0) is 4.79 Å². The van der Waals surface area contributed by atoms with E-state index in [9.17, 15) is 9.18 Å². The smallest absolute Gasteiger partial charge is 0.190 e. The Morgan fingerprint density at radius 1 is 1.62 bits per heavy atom. The van der Waals surface area contributed by atoms with E-state index in [0.717, 1.165) is 12.8 Å². The Labute approximate surface area is 47.2 Å². The van der Waals surface area contributed by atoms with Crippen molar-refractivity contribution >= 4 is 5.78 Å². The minimum Gasteiger partial charge on any atom is -0.292 e. The molecule has 0 aromatic rings. The summed E-state index contributed by atoms with van der Waals surface area (Å²) < 4.78 is 12.1. The van der Waals surface area contributed by atoms with Crippen LogP contribution in [0.3, 0.4) is 0 Å². The molecular formula is C6H7FO. The summed E-state index contributed by atoms with van der Waals surface area (Å²) in [7, 11) is 0. The molecule has 1 aliphatic rings. The highest BCUT2D eigenvalue weighted by molar-refractivity contribution is 5.93. The lowest BCUT2D eigenvalue weighted by molar-refractivity contribution is -0.117. The van der Waals surface area contributed by atoms with Gasteiger partial charge in [-0.2, -0.15) is 0 Å². The Balaban J connectivity index is 2.67. The molecule has 1 aliphatic carbocycles. The summed E-state index contributed by atoms with van der Waals surface area (Å²) in [5.41, 5.74) is 0. The van der Waals surface area contributed by atoms with Gasteiger partial charge in [0.15, 0.2) is 11.6 Å². The van der Waals surface area contributed by atoms with E-state index in [1.807, 2.05) is 0 Å². The third-order valence-corrected chi connectivity index (χ3v) is 1.20. The van der Waals surface area contributed by atoms with Gasteiger partial charge >= 0.3 is 0 Å². The van der Waals surface area contributed by atoms with Crippen LogP contribution in [0.25, 0.3) is 0 Å². The van der Waals surface area contributed by atoms with E-state index >= 15 is 0 Å². The molecule has 8 heavy (non-hydrogen) atoms. The van der Waals surface area contributed by atoms with Gasteiger partial charge in [0.25, 0.3) is 0 Å². The van der Waals surface area contributed by atoms with Gasteiger partial charge in [0.2, 0.25) is 0 Å². The molecule has 0 bridgehead atoms. The summed E-state index contributed by atoms with van der Waals surface area (Å²) in [6, 6.07) is 0. The first-order chi connectivity index (χ1) is 3.80. The Hall–Kier alpha value is -0.660. The maximum absolute atomic E-state index is 12.1. The molecule has 0 aromatic carbocycles. The fourth-order valence-electron chi connectivity index (χ4n) is 0.725. The minimum atomic E-state index is -0.545. The van der Waals surface area contributed by atoms with E-state index in [-0.39, 0.29) is 5.78 Å². The molecule has 0 unspecified atom stereocenters. The SMILES string of the molecule is O=C1CCCC=C1F. The molecule has 0 radical (unpaired) electrons. The normalized spacial score (nSPS) is 20.6. The van der Waals surface area contributed by atoms with E-state index < -0.39 is 5.83 Å². The molecule has 0 spiro atoms. The molecule has 0 aromatic heterocycles. The van der Waals surface area contributed by atoms with Crippen molar-refractivity contribution in [2.75, 3.05) is 0 Å². The zero-order valence-electron chi connectivity index (χ0n) is 4.48. The second kappa shape index (κ2) is 2.07. The van der Waals surface area contributed by atoms with Gasteiger partial charge in [0, 0.05) is 6.42 Å². The van der Waals surface area contributed by atoms with Gasteiger partial charge in [0.05, 0.1) is 0 Å². The van der Waals surface area contributed by atoms with Crippen molar-refractivity contribution in [3.05, 3.63) is 11.9 Å². The lowest BCUT2D eigenvalue weighted by Gasteiger charge is -2.01. The molecule has 0 fully saturated rings. The van der Waals surface area contributed by atoms with Gasteiger partial charge in [-0.05, 0) is 18.9 Å². The third kappa shape index (κ3) is 0.941. The lowest BCUT2D eigenvalue weighted by Crippen LogP contribution is -2.01. The van der Waals surface area contributed by atoms with Crippen LogP contribution in [0, 0.1) is 0 Å². The second-order valence-corrected chi connectivity index (χ2v) is 1.87. The van der Waals surface area contributed by atoms with Gasteiger partial charge in [-0.1, -0.05) is 0 Å². The number of hydrogen-bond acceptors (Lipinski definition) is 1. The van der Waals surface area contributed by atoms with Gasteiger partial charge < -0.3 is 0 Å². The molecule has 0 heterocycles. The van der Waals surface area contributed by atoms with Crippen molar-refractivity contribution in [2.45, 2.75) is 19.3 Å². The Bertz CT molecular complexity index is 137. The number of Topliss-reactive ketones (excluding diaryl/α,β-unsaturated/α-hetero) is 1. The molecule has 44 valence electrons. The van der Waals surface area contributed by atoms with Gasteiger partial charge in [-0.25, -0.2) is 4.39 Å². The van der Waals surface area contributed by atoms with Crippen LogP contribution in [0.4, 0.5) is 4.39 Å². The van der Waals surface area contributed by atoms with Crippen LogP contribution < -0.4 is 0 Å². The van der Waals surface area contributed by atoms with Crippen LogP contribution in [0.5, 0.6) is 0 Å². The predicted octanol–water partition coefficient (Wildman–Crippen LogP) is 1.59. The van der Waals surface area contributed by atoms with Crippen LogP contribution in [-0.4, -0.2) is 5.78 Å². The molecule has 0 N–H and O–H groups in total. The summed E-state index contributed by atoms with van der Waals surface area (Å²) in [6.07, 6.45) is 3.28. The Morgan fingerprint density at radius 2 is 2.38 bits per heavy atom. The number of carbonyl (C=O) groups excluding carboxylic acids is 1. The van der Waals surface area contributed by atoms with Crippen LogP contribution in [0.15, 0.2) is 11.9 Å². The second-order valence-electron chi connectivity index (χ2n) is 1.87. The zero-order chi connectivity index (χ0) is 5.98. The molecule has 1 rings (SSSR count). The first-order valence-electron chi connectivity index (χ1n) is 2.69. The molecular weight excluding hydrogens is 107 g/mol. The summed E-state index contributed by atoms with van der Waals surface area (Å²) in [4.78, 5) is 10.4. The summed E-state index contributed by atoms with van der Waals surface area (Å²) in [5.74, 6) is -0.882. The highest BCUT2D eigenvalue weighted by Gasteiger charge is 2.11. The maximum Gasteiger partial charge on any atom is 0.190 e. The summed E-state index contributed by atoms with van der Waals surface area (Å²) in [5, 5.41) is 0. The average molecular weight is 114 g/mol. The van der Waals surface area contributed by atoms with Gasteiger partial charge in [-0.3, -0.25) is 4.79 Å². The number of carbonyl (C=O) groups is 1. The van der Waals surface area contributed by atoms with Crippen molar-refractivity contribution in [3.63, 3.8) is 0 Å². The van der Waals surface area contributed by atoms with E-state index in [0.29, 0.717) is 6.42 Å². The number of hydrogen-bond donors (Lipinski definition) is 0. The molecule has 0 atom stereocenters. The van der Waals surface area contributed by atoms with Crippen molar-refractivity contribution < 1.29 is 9.18 Å². The topological polar surface area (TPSA) is 17.1 Å². The van der Waals surface area contributed by atoms with E-state index in [2.05, 4.69) is 0 Å². The number of rotatable bonds is 0. The van der Waals surface area contributed by atoms with Crippen molar-refractivity contribution in [2.24, 2.45) is 0 Å². The molecule has 0 aliphatic heterocycles. The fourth-order valence-corrected chi connectivity index (χ4v) is 0.725. The quantitative estimate of drug-likeness (QED) is 0.467. The first kappa shape index (κ1) is 5.48. The van der Waals surface area contributed by atoms with E-state index in [4.69, 9.17) is 0 Å². The minimum absolute atomic E-state index is 0.337. The van der Waals surface area contributed by atoms with Crippen molar-refractivity contribution in [1.82, 2.24) is 0 Å². The van der Waals surface area contributed by atoms with E-state index in [1.165, 1.54) is 6.08 Å². The molecule has 0 amide bonds. The number of ketones is 1. The molecule has 0 saturated heterocycles. The number of halogens is 1. The van der Waals surface area contributed by atoms with Gasteiger partial charge in [0.1, 0.15) is 0 Å². The zero-order valence-corrected chi connectivity index (χ0v) is 4.48. The Kier molecular flexibility index (Phi) is 1.42. The third-order valence-electron chi connectivity index (χ3n) is 1.20. The standard InChI is InChI=1S/C6H7FO/c7-5-3-1-2-4-6(5)8/h3H,1-2,4H2. The van der Waals surface area contributed by atoms with Crippen LogP contribution in [0.2, 0.25) is 0 Å². The lowest BCUT2D eigenvalue weighted by atomic mass is 10.1. The monoisotopic (exact) mass is 114 g/mol.